The molecule has 4 nitrogen and oxygen atoms in total. The van der Waals surface area contributed by atoms with Crippen LogP contribution in [0, 0.1) is 0 Å². The molecular formula is C16H14ClNO3S2. The Hall–Kier alpha value is -1.63. The highest BCUT2D eigenvalue weighted by atomic mass is 35.5. The number of thioether (sulfide) groups is 1. The van der Waals surface area contributed by atoms with Crippen LogP contribution in [0.2, 0.25) is 0 Å². The van der Waals surface area contributed by atoms with Crippen LogP contribution in [0.25, 0.3) is 6.08 Å². The molecule has 120 valence electrons. The second kappa shape index (κ2) is 7.77. The molecule has 1 aromatic carbocycles. The maximum atomic E-state index is 12.4. The van der Waals surface area contributed by atoms with E-state index >= 15 is 0 Å². The highest BCUT2D eigenvalue weighted by molar-refractivity contribution is 8.26. The number of carbonyl (C=O) groups excluding carboxylic acids is 1. The Kier molecular flexibility index (Phi) is 5.98. The highest BCUT2D eigenvalue weighted by Crippen LogP contribution is 2.34. The van der Waals surface area contributed by atoms with Crippen LogP contribution in [-0.2, 0) is 9.59 Å². The van der Waals surface area contributed by atoms with Crippen molar-refractivity contribution in [2.75, 3.05) is 0 Å². The number of carboxylic acid groups (broad SMARTS) is 1. The molecule has 1 saturated heterocycles. The lowest BCUT2D eigenvalue weighted by atomic mass is 10.2. The minimum atomic E-state index is -1.07. The first-order valence-corrected chi connectivity index (χ1v) is 8.46. The molecule has 1 aliphatic rings. The summed E-state index contributed by atoms with van der Waals surface area (Å²) in [6.07, 6.45) is 3.52. The van der Waals surface area contributed by atoms with Gasteiger partial charge in [-0.1, -0.05) is 72.8 Å². The summed E-state index contributed by atoms with van der Waals surface area (Å²) in [6.45, 7) is 1.70. The van der Waals surface area contributed by atoms with Gasteiger partial charge >= 0.3 is 5.97 Å². The highest BCUT2D eigenvalue weighted by Gasteiger charge is 2.39. The molecule has 1 N–H and O–H groups in total. The van der Waals surface area contributed by atoms with Crippen molar-refractivity contribution in [2.24, 2.45) is 0 Å². The first-order valence-electron chi connectivity index (χ1n) is 6.86. The minimum Gasteiger partial charge on any atom is -0.480 e. The molecule has 0 spiro atoms. The normalized spacial score (nSPS) is 18.6. The second-order valence-electron chi connectivity index (χ2n) is 4.75. The van der Waals surface area contributed by atoms with E-state index in [-0.39, 0.29) is 10.7 Å². The summed E-state index contributed by atoms with van der Waals surface area (Å²) in [5, 5.41) is 9.59. The van der Waals surface area contributed by atoms with Gasteiger partial charge in [0.25, 0.3) is 5.91 Å². The van der Waals surface area contributed by atoms with Crippen LogP contribution in [0.4, 0.5) is 0 Å². The van der Waals surface area contributed by atoms with E-state index in [9.17, 15) is 14.7 Å². The van der Waals surface area contributed by atoms with Crippen molar-refractivity contribution in [2.45, 2.75) is 19.4 Å². The van der Waals surface area contributed by atoms with Crippen LogP contribution in [0.5, 0.6) is 0 Å². The second-order valence-corrected chi connectivity index (χ2v) is 6.87. The number of benzene rings is 1. The number of nitrogens with zero attached hydrogens (tertiary/aromatic N) is 1. The van der Waals surface area contributed by atoms with Gasteiger partial charge in [0.2, 0.25) is 0 Å². The fraction of sp³-hybridized carbons (Fsp3) is 0.188. The van der Waals surface area contributed by atoms with Gasteiger partial charge in [0.15, 0.2) is 0 Å². The van der Waals surface area contributed by atoms with Gasteiger partial charge in [-0.05, 0) is 24.1 Å². The van der Waals surface area contributed by atoms with Gasteiger partial charge in [-0.15, -0.1) is 0 Å². The molecular weight excluding hydrogens is 354 g/mol. The summed E-state index contributed by atoms with van der Waals surface area (Å²) in [4.78, 5) is 25.1. The van der Waals surface area contributed by atoms with Crippen LogP contribution in [-0.4, -0.2) is 32.2 Å². The standard InChI is InChI=1S/C16H14ClNO3S2/c1-2-12(15(20)21)18-14(19)13(23-16(18)22)9-11(17)8-10-6-4-3-5-7-10/h3-9,12H,2H2,1H3,(H,20,21)/b11-8-,13-9-. The maximum Gasteiger partial charge on any atom is 0.326 e. The third-order valence-electron chi connectivity index (χ3n) is 3.18. The molecule has 1 unspecified atom stereocenters. The van der Waals surface area contributed by atoms with Crippen molar-refractivity contribution < 1.29 is 14.7 Å². The van der Waals surface area contributed by atoms with E-state index in [1.807, 2.05) is 30.3 Å². The summed E-state index contributed by atoms with van der Waals surface area (Å²) in [5.41, 5.74) is 0.904. The Morgan fingerprint density at radius 1 is 1.43 bits per heavy atom. The topological polar surface area (TPSA) is 57.6 Å². The van der Waals surface area contributed by atoms with E-state index < -0.39 is 17.9 Å². The molecule has 1 fully saturated rings. The maximum absolute atomic E-state index is 12.4. The molecule has 0 saturated carbocycles. The Balaban J connectivity index is 2.25. The molecule has 23 heavy (non-hydrogen) atoms. The van der Waals surface area contributed by atoms with E-state index in [0.717, 1.165) is 22.2 Å². The largest absolute Gasteiger partial charge is 0.480 e. The van der Waals surface area contributed by atoms with Gasteiger partial charge in [0.05, 0.1) is 4.91 Å². The number of carboxylic acids is 1. The first kappa shape index (κ1) is 17.7. The minimum absolute atomic E-state index is 0.236. The van der Waals surface area contributed by atoms with Crippen LogP contribution < -0.4 is 0 Å². The van der Waals surface area contributed by atoms with E-state index in [1.165, 1.54) is 6.08 Å². The molecule has 1 heterocycles. The number of allylic oxidation sites excluding steroid dienone is 2. The number of halogens is 1. The zero-order valence-electron chi connectivity index (χ0n) is 12.2. The van der Waals surface area contributed by atoms with Gasteiger partial charge < -0.3 is 5.11 Å². The van der Waals surface area contributed by atoms with E-state index in [4.69, 9.17) is 23.8 Å². The van der Waals surface area contributed by atoms with Gasteiger partial charge in [-0.3, -0.25) is 9.69 Å². The quantitative estimate of drug-likeness (QED) is 0.632. The van der Waals surface area contributed by atoms with Crippen LogP contribution in [0.3, 0.4) is 0 Å². The molecule has 0 aliphatic carbocycles. The van der Waals surface area contributed by atoms with E-state index in [1.54, 1.807) is 13.0 Å². The number of carbonyl (C=O) groups is 2. The lowest BCUT2D eigenvalue weighted by molar-refractivity contribution is -0.145. The zero-order chi connectivity index (χ0) is 17.0. The number of amides is 1. The molecule has 1 aromatic rings. The molecule has 1 atom stereocenters. The molecule has 0 radical (unpaired) electrons. The van der Waals surface area contributed by atoms with Gasteiger partial charge in [0, 0.05) is 5.03 Å². The number of rotatable bonds is 5. The third-order valence-corrected chi connectivity index (χ3v) is 4.73. The number of hydrogen-bond acceptors (Lipinski definition) is 4. The van der Waals surface area contributed by atoms with Crippen molar-refractivity contribution in [1.29, 1.82) is 0 Å². The average Bonchev–Trinajstić information content (AvgIpc) is 2.76. The van der Waals surface area contributed by atoms with Gasteiger partial charge in [-0.25, -0.2) is 4.79 Å². The smallest absolute Gasteiger partial charge is 0.326 e. The molecule has 1 aliphatic heterocycles. The summed E-state index contributed by atoms with van der Waals surface area (Å²) in [5.74, 6) is -1.50. The van der Waals surface area contributed by atoms with E-state index in [2.05, 4.69) is 0 Å². The van der Waals surface area contributed by atoms with Crippen molar-refractivity contribution in [3.05, 3.63) is 51.9 Å². The van der Waals surface area contributed by atoms with Crippen molar-refractivity contribution >= 4 is 57.9 Å². The Morgan fingerprint density at radius 3 is 2.65 bits per heavy atom. The predicted molar refractivity (Wildman–Crippen MR) is 97.1 cm³/mol. The Labute approximate surface area is 148 Å². The lowest BCUT2D eigenvalue weighted by Crippen LogP contribution is -2.43. The summed E-state index contributed by atoms with van der Waals surface area (Å²) >= 11 is 12.4. The zero-order valence-corrected chi connectivity index (χ0v) is 14.6. The molecule has 7 heteroatoms. The van der Waals surface area contributed by atoms with Crippen molar-refractivity contribution in [1.82, 2.24) is 4.90 Å². The van der Waals surface area contributed by atoms with Gasteiger partial charge in [-0.2, -0.15) is 0 Å². The Bertz CT molecular complexity index is 701. The molecule has 0 bridgehead atoms. The van der Waals surface area contributed by atoms with Crippen LogP contribution >= 0.6 is 35.6 Å². The Morgan fingerprint density at radius 2 is 2.09 bits per heavy atom. The predicted octanol–water partition coefficient (Wildman–Crippen LogP) is 3.87. The van der Waals surface area contributed by atoms with Crippen LogP contribution in [0.1, 0.15) is 18.9 Å². The monoisotopic (exact) mass is 367 g/mol. The lowest BCUT2D eigenvalue weighted by Gasteiger charge is -2.21. The van der Waals surface area contributed by atoms with Crippen molar-refractivity contribution in [3.63, 3.8) is 0 Å². The fourth-order valence-electron chi connectivity index (χ4n) is 2.09. The van der Waals surface area contributed by atoms with E-state index in [0.29, 0.717) is 9.94 Å². The SMILES string of the molecule is CCC(C(=O)O)N1C(=O)/C(=C/C(Cl)=C/c2ccccc2)SC1=S. The van der Waals surface area contributed by atoms with Crippen LogP contribution in [0.15, 0.2) is 46.3 Å². The number of hydrogen-bond donors (Lipinski definition) is 1. The number of aliphatic carboxylic acids is 1. The summed E-state index contributed by atoms with van der Waals surface area (Å²) in [7, 11) is 0. The van der Waals surface area contributed by atoms with Crippen molar-refractivity contribution in [3.8, 4) is 0 Å². The number of thiocarbonyl (C=S) groups is 1. The molecule has 0 aromatic heterocycles. The molecule has 2 rings (SSSR count). The average molecular weight is 368 g/mol. The molecule has 1 amide bonds. The third kappa shape index (κ3) is 4.22. The summed E-state index contributed by atoms with van der Waals surface area (Å²) < 4.78 is 0.236. The first-order chi connectivity index (χ1) is 10.9. The summed E-state index contributed by atoms with van der Waals surface area (Å²) in [6, 6.07) is 8.48. The van der Waals surface area contributed by atoms with Gasteiger partial charge in [0.1, 0.15) is 10.4 Å². The fourth-order valence-corrected chi connectivity index (χ4v) is 3.74.